The molecule has 0 saturated carbocycles. The van der Waals surface area contributed by atoms with Crippen LogP contribution in [0.1, 0.15) is 17.5 Å². The van der Waals surface area contributed by atoms with Gasteiger partial charge in [0.2, 0.25) is 5.91 Å². The number of nitrogens with one attached hydrogen (secondary N) is 2. The monoisotopic (exact) mass is 248 g/mol. The quantitative estimate of drug-likeness (QED) is 0.735. The Morgan fingerprint density at radius 2 is 2.28 bits per heavy atom. The van der Waals surface area contributed by atoms with Crippen LogP contribution in [0.15, 0.2) is 18.2 Å². The highest BCUT2D eigenvalue weighted by Crippen LogP contribution is 2.25. The van der Waals surface area contributed by atoms with Crippen molar-refractivity contribution in [1.29, 1.82) is 0 Å². The average Bonchev–Trinajstić information content (AvgIpc) is 2.85. The SMILES string of the molecule is CNC(=O)CCNCCc1ccc2c(c1)CCO2. The van der Waals surface area contributed by atoms with E-state index in [2.05, 4.69) is 28.8 Å². The molecule has 2 rings (SSSR count). The van der Waals surface area contributed by atoms with Crippen LogP contribution >= 0.6 is 0 Å². The van der Waals surface area contributed by atoms with Gasteiger partial charge in [0.05, 0.1) is 6.61 Å². The molecule has 98 valence electrons. The fourth-order valence-corrected chi connectivity index (χ4v) is 2.08. The Morgan fingerprint density at radius 3 is 3.11 bits per heavy atom. The minimum absolute atomic E-state index is 0.0807. The standard InChI is InChI=1S/C14H20N2O2/c1-15-14(17)5-8-16-7-4-11-2-3-13-12(10-11)6-9-18-13/h2-3,10,16H,4-9H2,1H3,(H,15,17). The van der Waals surface area contributed by atoms with Crippen LogP contribution in [-0.4, -0.2) is 32.7 Å². The Morgan fingerprint density at radius 1 is 1.39 bits per heavy atom. The fraction of sp³-hybridized carbons (Fsp3) is 0.500. The number of amides is 1. The van der Waals surface area contributed by atoms with Gasteiger partial charge in [0.1, 0.15) is 5.75 Å². The van der Waals surface area contributed by atoms with Gasteiger partial charge >= 0.3 is 0 Å². The molecule has 0 fully saturated rings. The number of hydrogen-bond donors (Lipinski definition) is 2. The fourth-order valence-electron chi connectivity index (χ4n) is 2.08. The lowest BCUT2D eigenvalue weighted by molar-refractivity contribution is -0.120. The summed E-state index contributed by atoms with van der Waals surface area (Å²) in [5.41, 5.74) is 2.64. The highest BCUT2D eigenvalue weighted by atomic mass is 16.5. The molecule has 1 aromatic carbocycles. The summed E-state index contributed by atoms with van der Waals surface area (Å²) < 4.78 is 5.48. The molecule has 0 unspecified atom stereocenters. The third-order valence-electron chi connectivity index (χ3n) is 3.15. The Labute approximate surface area is 108 Å². The molecule has 0 radical (unpaired) electrons. The van der Waals surface area contributed by atoms with Gasteiger partial charge in [-0.1, -0.05) is 12.1 Å². The lowest BCUT2D eigenvalue weighted by Gasteiger charge is -2.06. The average molecular weight is 248 g/mol. The van der Waals surface area contributed by atoms with Crippen molar-refractivity contribution >= 4 is 5.91 Å². The predicted octanol–water partition coefficient (Wildman–Crippen LogP) is 0.890. The zero-order chi connectivity index (χ0) is 12.8. The minimum atomic E-state index is 0.0807. The third-order valence-corrected chi connectivity index (χ3v) is 3.15. The highest BCUT2D eigenvalue weighted by Gasteiger charge is 2.11. The first-order valence-corrected chi connectivity index (χ1v) is 6.45. The minimum Gasteiger partial charge on any atom is -0.493 e. The van der Waals surface area contributed by atoms with Crippen molar-refractivity contribution < 1.29 is 9.53 Å². The van der Waals surface area contributed by atoms with Gasteiger partial charge in [-0.15, -0.1) is 0 Å². The van der Waals surface area contributed by atoms with Crippen molar-refractivity contribution in [2.75, 3.05) is 26.7 Å². The molecule has 18 heavy (non-hydrogen) atoms. The maximum Gasteiger partial charge on any atom is 0.221 e. The number of carbonyl (C=O) groups excluding carboxylic acids is 1. The molecule has 2 N–H and O–H groups in total. The van der Waals surface area contributed by atoms with Gasteiger partial charge in [-0.3, -0.25) is 4.79 Å². The maximum absolute atomic E-state index is 11.0. The molecule has 1 aromatic rings. The van der Waals surface area contributed by atoms with Gasteiger partial charge in [-0.25, -0.2) is 0 Å². The molecule has 0 saturated heterocycles. The molecule has 0 bridgehead atoms. The van der Waals surface area contributed by atoms with E-state index in [0.717, 1.165) is 38.3 Å². The van der Waals surface area contributed by atoms with Gasteiger partial charge in [-0.2, -0.15) is 0 Å². The molecule has 0 aliphatic carbocycles. The van der Waals surface area contributed by atoms with Crippen molar-refractivity contribution in [3.8, 4) is 5.75 Å². The van der Waals surface area contributed by atoms with Gasteiger partial charge < -0.3 is 15.4 Å². The van der Waals surface area contributed by atoms with Crippen molar-refractivity contribution in [2.45, 2.75) is 19.3 Å². The second kappa shape index (κ2) is 6.40. The number of fused-ring (bicyclic) bond motifs is 1. The Bertz CT molecular complexity index is 418. The molecule has 1 aliphatic heterocycles. The van der Waals surface area contributed by atoms with Gasteiger partial charge in [0.25, 0.3) is 0 Å². The molecule has 0 atom stereocenters. The normalized spacial score (nSPS) is 12.9. The van der Waals surface area contributed by atoms with E-state index in [1.165, 1.54) is 11.1 Å². The van der Waals surface area contributed by atoms with Crippen LogP contribution in [0, 0.1) is 0 Å². The Hall–Kier alpha value is -1.55. The second-order valence-corrected chi connectivity index (χ2v) is 4.46. The molecule has 1 aliphatic rings. The van der Waals surface area contributed by atoms with Gasteiger partial charge in [-0.05, 0) is 30.2 Å². The van der Waals surface area contributed by atoms with Crippen LogP contribution in [-0.2, 0) is 17.6 Å². The van der Waals surface area contributed by atoms with Gasteiger partial charge in [0, 0.05) is 26.4 Å². The molecule has 0 aromatic heterocycles. The van der Waals surface area contributed by atoms with E-state index < -0.39 is 0 Å². The summed E-state index contributed by atoms with van der Waals surface area (Å²) in [7, 11) is 1.66. The zero-order valence-corrected chi connectivity index (χ0v) is 10.8. The smallest absolute Gasteiger partial charge is 0.221 e. The van der Waals surface area contributed by atoms with Crippen LogP contribution in [0.4, 0.5) is 0 Å². The summed E-state index contributed by atoms with van der Waals surface area (Å²) >= 11 is 0. The number of benzene rings is 1. The van der Waals surface area contributed by atoms with Crippen LogP contribution in [0.2, 0.25) is 0 Å². The summed E-state index contributed by atoms with van der Waals surface area (Å²) in [6, 6.07) is 6.40. The molecule has 0 spiro atoms. The Balaban J connectivity index is 1.69. The molecule has 1 heterocycles. The summed E-state index contributed by atoms with van der Waals surface area (Å²) in [5, 5.41) is 5.88. The summed E-state index contributed by atoms with van der Waals surface area (Å²) in [5.74, 6) is 1.11. The van der Waals surface area contributed by atoms with Crippen molar-refractivity contribution in [1.82, 2.24) is 10.6 Å². The van der Waals surface area contributed by atoms with Crippen molar-refractivity contribution in [2.24, 2.45) is 0 Å². The first-order chi connectivity index (χ1) is 8.79. The van der Waals surface area contributed by atoms with E-state index in [9.17, 15) is 4.79 Å². The van der Waals surface area contributed by atoms with Crippen LogP contribution < -0.4 is 15.4 Å². The van der Waals surface area contributed by atoms with Crippen molar-refractivity contribution in [3.05, 3.63) is 29.3 Å². The predicted molar refractivity (Wildman–Crippen MR) is 70.9 cm³/mol. The van der Waals surface area contributed by atoms with E-state index in [1.54, 1.807) is 7.05 Å². The van der Waals surface area contributed by atoms with Crippen molar-refractivity contribution in [3.63, 3.8) is 0 Å². The molecule has 4 nitrogen and oxygen atoms in total. The van der Waals surface area contributed by atoms with E-state index in [4.69, 9.17) is 4.74 Å². The van der Waals surface area contributed by atoms with Gasteiger partial charge in [0.15, 0.2) is 0 Å². The largest absolute Gasteiger partial charge is 0.493 e. The van der Waals surface area contributed by atoms with Crippen LogP contribution in [0.25, 0.3) is 0 Å². The van der Waals surface area contributed by atoms with E-state index >= 15 is 0 Å². The van der Waals surface area contributed by atoms with Crippen LogP contribution in [0.5, 0.6) is 5.75 Å². The lowest BCUT2D eigenvalue weighted by Crippen LogP contribution is -2.25. The maximum atomic E-state index is 11.0. The molecular formula is C14H20N2O2. The summed E-state index contributed by atoms with van der Waals surface area (Å²) in [6.07, 6.45) is 2.54. The molecule has 4 heteroatoms. The first-order valence-electron chi connectivity index (χ1n) is 6.45. The first kappa shape index (κ1) is 12.9. The van der Waals surface area contributed by atoms with E-state index in [-0.39, 0.29) is 5.91 Å². The number of hydrogen-bond acceptors (Lipinski definition) is 3. The number of rotatable bonds is 6. The van der Waals surface area contributed by atoms with E-state index in [0.29, 0.717) is 6.42 Å². The third kappa shape index (κ3) is 3.47. The highest BCUT2D eigenvalue weighted by molar-refractivity contribution is 5.75. The van der Waals surface area contributed by atoms with Crippen LogP contribution in [0.3, 0.4) is 0 Å². The lowest BCUT2D eigenvalue weighted by atomic mass is 10.1. The summed E-state index contributed by atoms with van der Waals surface area (Å²) in [4.78, 5) is 11.0. The number of carbonyl (C=O) groups is 1. The van der Waals surface area contributed by atoms with E-state index in [1.807, 2.05) is 0 Å². The molecule has 1 amide bonds. The number of ether oxygens (including phenoxy) is 1. The molecular weight excluding hydrogens is 228 g/mol. The zero-order valence-electron chi connectivity index (χ0n) is 10.8. The topological polar surface area (TPSA) is 50.4 Å². The second-order valence-electron chi connectivity index (χ2n) is 4.46. The Kier molecular flexibility index (Phi) is 4.59. The summed E-state index contributed by atoms with van der Waals surface area (Å²) in [6.45, 7) is 2.44.